The first-order chi connectivity index (χ1) is 13.1. The number of alkyl halides is 1. The fourth-order valence-electron chi connectivity index (χ4n) is 6.06. The molecule has 2 saturated carbocycles. The highest BCUT2D eigenvalue weighted by molar-refractivity contribution is 6.34. The van der Waals surface area contributed by atoms with E-state index >= 15 is 0 Å². The van der Waals surface area contributed by atoms with E-state index in [-0.39, 0.29) is 23.6 Å². The van der Waals surface area contributed by atoms with E-state index in [1.165, 1.54) is 12.8 Å². The van der Waals surface area contributed by atoms with Crippen LogP contribution in [0.4, 0.5) is 4.39 Å². The van der Waals surface area contributed by atoms with Crippen LogP contribution in [0.15, 0.2) is 0 Å². The van der Waals surface area contributed by atoms with Gasteiger partial charge in [0.1, 0.15) is 11.8 Å². The van der Waals surface area contributed by atoms with E-state index in [9.17, 15) is 14.7 Å². The van der Waals surface area contributed by atoms with Crippen LogP contribution >= 0.6 is 0 Å². The lowest BCUT2D eigenvalue weighted by Crippen LogP contribution is -2.75. The highest BCUT2D eigenvalue weighted by atomic mass is 19.1. The van der Waals surface area contributed by atoms with Gasteiger partial charge in [-0.25, -0.2) is 9.18 Å². The number of carbonyl (C=O) groups excluding carboxylic acids is 1. The molecule has 2 aliphatic carbocycles. The number of hydrogen-bond acceptors (Lipinski definition) is 3. The lowest BCUT2D eigenvalue weighted by Gasteiger charge is -2.61. The highest BCUT2D eigenvalue weighted by Gasteiger charge is 2.61. The van der Waals surface area contributed by atoms with Crippen LogP contribution < -0.4 is 0 Å². The molecule has 4 aliphatic rings. The summed E-state index contributed by atoms with van der Waals surface area (Å²) in [7, 11) is 0. The number of hydrogen-bond donors (Lipinski definition) is 0. The van der Waals surface area contributed by atoms with Gasteiger partial charge in [0, 0.05) is 12.5 Å². The summed E-state index contributed by atoms with van der Waals surface area (Å²) < 4.78 is 19.9. The van der Waals surface area contributed by atoms with E-state index < -0.39 is 17.7 Å². The van der Waals surface area contributed by atoms with Gasteiger partial charge in [0.25, 0.3) is 0 Å². The van der Waals surface area contributed by atoms with Gasteiger partial charge in [-0.15, -0.1) is 0 Å². The van der Waals surface area contributed by atoms with Crippen LogP contribution in [0.1, 0.15) is 77.0 Å². The van der Waals surface area contributed by atoms with Crippen molar-refractivity contribution >= 4 is 11.7 Å². The summed E-state index contributed by atoms with van der Waals surface area (Å²) in [6.07, 6.45) is 10.5. The van der Waals surface area contributed by atoms with Gasteiger partial charge in [-0.1, -0.05) is 25.7 Å². The molecular formula is C21H32FN3O2. The van der Waals surface area contributed by atoms with Crippen molar-refractivity contribution in [2.75, 3.05) is 13.1 Å². The van der Waals surface area contributed by atoms with Crippen molar-refractivity contribution in [2.24, 2.45) is 11.8 Å². The molecule has 27 heavy (non-hydrogen) atoms. The molecule has 0 aromatic heterocycles. The molecule has 0 N–H and O–H groups in total. The zero-order valence-electron chi connectivity index (χ0n) is 16.2. The Balaban J connectivity index is 1.52. The number of ether oxygens (including phenoxy) is 1. The Labute approximate surface area is 161 Å². The Kier molecular flexibility index (Phi) is 5.65. The molecular weight excluding hydrogens is 345 g/mol. The van der Waals surface area contributed by atoms with Crippen molar-refractivity contribution in [3.05, 3.63) is 5.53 Å². The van der Waals surface area contributed by atoms with E-state index in [4.69, 9.17) is 4.74 Å². The topological polar surface area (TPSA) is 65.9 Å². The van der Waals surface area contributed by atoms with E-state index in [2.05, 4.69) is 9.69 Å². The first-order valence-corrected chi connectivity index (χ1v) is 11.0. The number of carbonyl (C=O) groups is 1. The quantitative estimate of drug-likeness (QED) is 0.323. The number of rotatable bonds is 4. The van der Waals surface area contributed by atoms with Crippen molar-refractivity contribution in [2.45, 2.75) is 94.9 Å². The molecule has 0 amide bonds. The molecule has 0 aromatic carbocycles. The Hall–Kier alpha value is -1.26. The summed E-state index contributed by atoms with van der Waals surface area (Å²) in [6, 6.07) is 0.252. The predicted molar refractivity (Wildman–Crippen MR) is 100 cm³/mol. The van der Waals surface area contributed by atoms with Gasteiger partial charge < -0.3 is 10.3 Å². The molecule has 4 rings (SSSR count). The molecule has 2 atom stereocenters. The summed E-state index contributed by atoms with van der Waals surface area (Å²) in [5, 5.41) is 0. The first-order valence-electron chi connectivity index (χ1n) is 11.0. The number of fused-ring (bicyclic) bond motifs is 1. The average Bonchev–Trinajstić information content (AvgIpc) is 2.68. The van der Waals surface area contributed by atoms with E-state index in [0.717, 1.165) is 64.5 Å². The molecule has 5 nitrogen and oxygen atoms in total. The van der Waals surface area contributed by atoms with Gasteiger partial charge in [0.2, 0.25) is 0 Å². The Morgan fingerprint density at radius 2 is 1.70 bits per heavy atom. The minimum Gasteiger partial charge on any atom is -0.447 e. The zero-order chi connectivity index (χ0) is 18.9. The largest absolute Gasteiger partial charge is 0.447 e. The van der Waals surface area contributed by atoms with Crippen LogP contribution in [0.3, 0.4) is 0 Å². The third-order valence-corrected chi connectivity index (χ3v) is 7.57. The molecule has 2 heterocycles. The average molecular weight is 378 g/mol. The number of nitrogens with zero attached hydrogens (tertiary/aromatic N) is 3. The second kappa shape index (κ2) is 8.00. The van der Waals surface area contributed by atoms with E-state index in [0.29, 0.717) is 12.8 Å². The number of piperidine rings is 1. The summed E-state index contributed by atoms with van der Waals surface area (Å²) in [5.41, 5.74) is 9.24. The summed E-state index contributed by atoms with van der Waals surface area (Å²) in [5.74, 6) is -0.200. The summed E-state index contributed by atoms with van der Waals surface area (Å²) in [6.45, 7) is 1.82. The van der Waals surface area contributed by atoms with E-state index in [1.807, 2.05) is 0 Å². The van der Waals surface area contributed by atoms with Crippen molar-refractivity contribution in [1.82, 2.24) is 4.90 Å². The third kappa shape index (κ3) is 3.58. The Morgan fingerprint density at radius 1 is 1.00 bits per heavy atom. The van der Waals surface area contributed by atoms with Crippen LogP contribution in [0.25, 0.3) is 5.53 Å². The molecule has 0 radical (unpaired) electrons. The number of esters is 1. The van der Waals surface area contributed by atoms with Gasteiger partial charge in [0.15, 0.2) is 0 Å². The van der Waals surface area contributed by atoms with Gasteiger partial charge in [-0.05, 0) is 57.9 Å². The van der Waals surface area contributed by atoms with Crippen LogP contribution in [0.2, 0.25) is 0 Å². The van der Waals surface area contributed by atoms with Crippen molar-refractivity contribution in [3.63, 3.8) is 0 Å². The fourth-order valence-corrected chi connectivity index (χ4v) is 6.06. The molecule has 2 saturated heterocycles. The molecule has 0 spiro atoms. The fraction of sp³-hybridized carbons (Fsp3) is 0.905. The number of halogens is 1. The highest BCUT2D eigenvalue weighted by Crippen LogP contribution is 2.49. The predicted octanol–water partition coefficient (Wildman–Crippen LogP) is 3.92. The van der Waals surface area contributed by atoms with Crippen LogP contribution in [-0.2, 0) is 9.53 Å². The first kappa shape index (κ1) is 19.1. The van der Waals surface area contributed by atoms with E-state index in [1.54, 1.807) is 0 Å². The molecule has 0 bridgehead atoms. The van der Waals surface area contributed by atoms with Crippen molar-refractivity contribution < 1.29 is 18.7 Å². The lowest BCUT2D eigenvalue weighted by atomic mass is 9.65. The second-order valence-corrected chi connectivity index (χ2v) is 9.10. The van der Waals surface area contributed by atoms with Gasteiger partial charge in [-0.3, -0.25) is 4.90 Å². The Morgan fingerprint density at radius 3 is 2.37 bits per heavy atom. The molecule has 6 heteroatoms. The zero-order valence-corrected chi connectivity index (χ0v) is 16.2. The van der Waals surface area contributed by atoms with Gasteiger partial charge in [-0.2, -0.15) is 4.79 Å². The maximum Gasteiger partial charge on any atom is 0.417 e. The summed E-state index contributed by atoms with van der Waals surface area (Å²) >= 11 is 0. The smallest absolute Gasteiger partial charge is 0.417 e. The molecule has 2 aliphatic heterocycles. The van der Waals surface area contributed by atoms with Crippen LogP contribution in [-0.4, -0.2) is 52.3 Å². The standard InChI is InChI=1S/C21H32FN3O2/c22-17-11-9-16(10-12-17)21(14-25-13-5-4-8-18(21)25)27-20(26)19(24-23)15-6-2-1-3-7-15/h15-18H,1-14H2/t16?,17?,18-,21+/m1/s1. The van der Waals surface area contributed by atoms with Gasteiger partial charge >= 0.3 is 11.7 Å². The molecule has 150 valence electrons. The van der Waals surface area contributed by atoms with Crippen molar-refractivity contribution in [1.29, 1.82) is 0 Å². The maximum absolute atomic E-state index is 13.7. The molecule has 0 unspecified atom stereocenters. The third-order valence-electron chi connectivity index (χ3n) is 7.57. The Bertz CT molecular complexity index is 607. The summed E-state index contributed by atoms with van der Waals surface area (Å²) in [4.78, 5) is 18.9. The van der Waals surface area contributed by atoms with Crippen LogP contribution in [0.5, 0.6) is 0 Å². The molecule has 4 fully saturated rings. The van der Waals surface area contributed by atoms with Crippen LogP contribution in [0, 0.1) is 11.8 Å². The molecule has 0 aromatic rings. The minimum absolute atomic E-state index is 0.0115. The minimum atomic E-state index is -0.714. The lowest BCUT2D eigenvalue weighted by molar-refractivity contribution is -0.226. The maximum atomic E-state index is 13.7. The SMILES string of the molecule is [N-]=[N+]=C(C(=O)O[C@]1(C2CCC(F)CC2)CN2CCCC[C@@H]21)C1CCCCC1. The monoisotopic (exact) mass is 377 g/mol. The van der Waals surface area contributed by atoms with Crippen molar-refractivity contribution in [3.8, 4) is 0 Å². The van der Waals surface area contributed by atoms with Gasteiger partial charge in [0.05, 0.1) is 12.0 Å². The second-order valence-electron chi connectivity index (χ2n) is 9.10. The normalized spacial score (nSPS) is 37.6.